The molecule has 0 atom stereocenters. The van der Waals surface area contributed by atoms with Gasteiger partial charge in [0.2, 0.25) is 5.91 Å². The predicted octanol–water partition coefficient (Wildman–Crippen LogP) is 2.42. The van der Waals surface area contributed by atoms with Gasteiger partial charge in [0.1, 0.15) is 5.75 Å². The van der Waals surface area contributed by atoms with Gasteiger partial charge in [-0.25, -0.2) is 0 Å². The van der Waals surface area contributed by atoms with E-state index < -0.39 is 0 Å². The smallest absolute Gasteiger partial charge is 0.254 e. The first kappa shape index (κ1) is 19.1. The maximum atomic E-state index is 12.5. The molecule has 2 rings (SSSR count). The van der Waals surface area contributed by atoms with Gasteiger partial charge >= 0.3 is 0 Å². The van der Waals surface area contributed by atoms with Crippen LogP contribution in [0.2, 0.25) is 0 Å². The summed E-state index contributed by atoms with van der Waals surface area (Å²) in [5.41, 5.74) is 1.00. The highest BCUT2D eigenvalue weighted by Gasteiger charge is 2.17. The van der Waals surface area contributed by atoms with Crippen LogP contribution in [-0.4, -0.2) is 51.6 Å². The van der Waals surface area contributed by atoms with E-state index >= 15 is 0 Å². The first-order valence-corrected chi connectivity index (χ1v) is 7.90. The minimum Gasteiger partial charge on any atom is -0.497 e. The molecule has 0 aliphatic heterocycles. The van der Waals surface area contributed by atoms with Gasteiger partial charge in [0, 0.05) is 24.4 Å². The molecule has 0 aliphatic carbocycles. The standard InChI is InChI=1S/C19H22N2O5/c1-21(12-18(22)20-14-6-5-7-15(11-14)24-2)19(23)13-8-9-16(25-3)17(10-13)26-4/h5-11H,12H2,1-4H3,(H,20,22). The first-order chi connectivity index (χ1) is 12.5. The van der Waals surface area contributed by atoms with E-state index in [1.54, 1.807) is 56.6 Å². The van der Waals surface area contributed by atoms with E-state index in [4.69, 9.17) is 14.2 Å². The number of anilines is 1. The number of nitrogens with zero attached hydrogens (tertiary/aromatic N) is 1. The molecule has 1 N–H and O–H groups in total. The van der Waals surface area contributed by atoms with Crippen molar-refractivity contribution in [2.24, 2.45) is 0 Å². The summed E-state index contributed by atoms with van der Waals surface area (Å²) in [7, 11) is 6.13. The highest BCUT2D eigenvalue weighted by Crippen LogP contribution is 2.28. The Balaban J connectivity index is 2.02. The molecule has 2 aromatic carbocycles. The topological polar surface area (TPSA) is 77.1 Å². The molecule has 7 heteroatoms. The van der Waals surface area contributed by atoms with Crippen molar-refractivity contribution in [2.45, 2.75) is 0 Å². The van der Waals surface area contributed by atoms with Crippen LogP contribution in [0.4, 0.5) is 5.69 Å². The fourth-order valence-corrected chi connectivity index (χ4v) is 2.38. The molecule has 0 heterocycles. The Hall–Kier alpha value is -3.22. The third kappa shape index (κ3) is 4.66. The Bertz CT molecular complexity index is 791. The SMILES string of the molecule is COc1cccc(NC(=O)CN(C)C(=O)c2ccc(OC)c(OC)c2)c1. The highest BCUT2D eigenvalue weighted by atomic mass is 16.5. The molecule has 0 saturated heterocycles. The van der Waals surface area contributed by atoms with E-state index in [0.717, 1.165) is 0 Å². The number of methoxy groups -OCH3 is 3. The average molecular weight is 358 g/mol. The third-order valence-electron chi connectivity index (χ3n) is 3.71. The number of hydrogen-bond donors (Lipinski definition) is 1. The molecule has 2 aromatic rings. The molecule has 0 saturated carbocycles. The van der Waals surface area contributed by atoms with Crippen molar-refractivity contribution in [3.05, 3.63) is 48.0 Å². The Labute approximate surface area is 152 Å². The Kier molecular flexibility index (Phi) is 6.43. The van der Waals surface area contributed by atoms with Gasteiger partial charge in [0.05, 0.1) is 27.9 Å². The van der Waals surface area contributed by atoms with Gasteiger partial charge in [-0.15, -0.1) is 0 Å². The highest BCUT2D eigenvalue weighted by molar-refractivity contribution is 5.99. The number of carbonyl (C=O) groups excluding carboxylic acids is 2. The number of hydrogen-bond acceptors (Lipinski definition) is 5. The van der Waals surface area contributed by atoms with Gasteiger partial charge in [-0.1, -0.05) is 6.07 Å². The summed E-state index contributed by atoms with van der Waals surface area (Å²) >= 11 is 0. The summed E-state index contributed by atoms with van der Waals surface area (Å²) in [6.07, 6.45) is 0. The molecule has 7 nitrogen and oxygen atoms in total. The van der Waals surface area contributed by atoms with Gasteiger partial charge in [-0.3, -0.25) is 9.59 Å². The normalized spacial score (nSPS) is 10.0. The average Bonchev–Trinajstić information content (AvgIpc) is 2.66. The minimum atomic E-state index is -0.311. The number of rotatable bonds is 7. The fraction of sp³-hybridized carbons (Fsp3) is 0.263. The van der Waals surface area contributed by atoms with Crippen molar-refractivity contribution < 1.29 is 23.8 Å². The molecule has 0 fully saturated rings. The van der Waals surface area contributed by atoms with Crippen LogP contribution in [0.5, 0.6) is 17.2 Å². The van der Waals surface area contributed by atoms with Crippen LogP contribution in [-0.2, 0) is 4.79 Å². The van der Waals surface area contributed by atoms with Crippen molar-refractivity contribution in [2.75, 3.05) is 40.2 Å². The second-order valence-corrected chi connectivity index (χ2v) is 5.51. The van der Waals surface area contributed by atoms with Gasteiger partial charge in [0.25, 0.3) is 5.91 Å². The first-order valence-electron chi connectivity index (χ1n) is 7.90. The molecule has 0 spiro atoms. The van der Waals surface area contributed by atoms with Crippen LogP contribution >= 0.6 is 0 Å². The summed E-state index contributed by atoms with van der Waals surface area (Å²) in [4.78, 5) is 26.1. The lowest BCUT2D eigenvalue weighted by atomic mass is 10.1. The zero-order valence-electron chi connectivity index (χ0n) is 15.2. The summed E-state index contributed by atoms with van der Waals surface area (Å²) in [6.45, 7) is -0.0929. The third-order valence-corrected chi connectivity index (χ3v) is 3.71. The van der Waals surface area contributed by atoms with E-state index in [2.05, 4.69) is 5.32 Å². The Morgan fingerprint density at radius 3 is 2.35 bits per heavy atom. The van der Waals surface area contributed by atoms with Gasteiger partial charge < -0.3 is 24.4 Å². The number of benzene rings is 2. The molecule has 26 heavy (non-hydrogen) atoms. The van der Waals surface area contributed by atoms with E-state index in [1.165, 1.54) is 19.1 Å². The largest absolute Gasteiger partial charge is 0.497 e. The zero-order valence-corrected chi connectivity index (χ0v) is 15.2. The maximum Gasteiger partial charge on any atom is 0.254 e. The van der Waals surface area contributed by atoms with Crippen molar-refractivity contribution in [3.63, 3.8) is 0 Å². The van der Waals surface area contributed by atoms with Crippen LogP contribution in [0.3, 0.4) is 0 Å². The molecule has 2 amide bonds. The summed E-state index contributed by atoms with van der Waals surface area (Å²) in [6, 6.07) is 11.9. The van der Waals surface area contributed by atoms with E-state index in [1.807, 2.05) is 0 Å². The molecular formula is C19H22N2O5. The monoisotopic (exact) mass is 358 g/mol. The minimum absolute atomic E-state index is 0.0929. The second-order valence-electron chi connectivity index (χ2n) is 5.51. The van der Waals surface area contributed by atoms with E-state index in [-0.39, 0.29) is 18.4 Å². The van der Waals surface area contributed by atoms with Crippen LogP contribution in [0, 0.1) is 0 Å². The van der Waals surface area contributed by atoms with Crippen LogP contribution in [0.15, 0.2) is 42.5 Å². The van der Waals surface area contributed by atoms with Crippen molar-refractivity contribution in [1.29, 1.82) is 0 Å². The number of carbonyl (C=O) groups is 2. The number of likely N-dealkylation sites (N-methyl/N-ethyl adjacent to an activating group) is 1. The Morgan fingerprint density at radius 2 is 1.69 bits per heavy atom. The molecule has 138 valence electrons. The zero-order chi connectivity index (χ0) is 19.1. The summed E-state index contributed by atoms with van der Waals surface area (Å²) in [5, 5.41) is 2.74. The lowest BCUT2D eigenvalue weighted by Crippen LogP contribution is -2.34. The summed E-state index contributed by atoms with van der Waals surface area (Å²) < 4.78 is 15.5. The van der Waals surface area contributed by atoms with Crippen molar-refractivity contribution >= 4 is 17.5 Å². The van der Waals surface area contributed by atoms with Crippen LogP contribution < -0.4 is 19.5 Å². The van der Waals surface area contributed by atoms with E-state index in [9.17, 15) is 9.59 Å². The maximum absolute atomic E-state index is 12.5. The lowest BCUT2D eigenvalue weighted by molar-refractivity contribution is -0.116. The van der Waals surface area contributed by atoms with Gasteiger partial charge in [-0.2, -0.15) is 0 Å². The molecule has 0 unspecified atom stereocenters. The fourth-order valence-electron chi connectivity index (χ4n) is 2.38. The summed E-state index contributed by atoms with van der Waals surface area (Å²) in [5.74, 6) is 1.01. The second kappa shape index (κ2) is 8.75. The Morgan fingerprint density at radius 1 is 0.962 bits per heavy atom. The molecule has 0 radical (unpaired) electrons. The van der Waals surface area contributed by atoms with Crippen LogP contribution in [0.25, 0.3) is 0 Å². The molecule has 0 aromatic heterocycles. The molecule has 0 aliphatic rings. The quantitative estimate of drug-likeness (QED) is 0.823. The molecule has 0 bridgehead atoms. The number of nitrogens with one attached hydrogen (secondary N) is 1. The lowest BCUT2D eigenvalue weighted by Gasteiger charge is -2.18. The van der Waals surface area contributed by atoms with E-state index in [0.29, 0.717) is 28.5 Å². The number of amides is 2. The predicted molar refractivity (Wildman–Crippen MR) is 98.1 cm³/mol. The van der Waals surface area contributed by atoms with Gasteiger partial charge in [-0.05, 0) is 30.3 Å². The number of ether oxygens (including phenoxy) is 3. The molecular weight excluding hydrogens is 336 g/mol. The van der Waals surface area contributed by atoms with Crippen LogP contribution in [0.1, 0.15) is 10.4 Å². The van der Waals surface area contributed by atoms with Crippen molar-refractivity contribution in [3.8, 4) is 17.2 Å². The van der Waals surface area contributed by atoms with Crippen molar-refractivity contribution in [1.82, 2.24) is 4.90 Å². The van der Waals surface area contributed by atoms with Gasteiger partial charge in [0.15, 0.2) is 11.5 Å².